The summed E-state index contributed by atoms with van der Waals surface area (Å²) < 4.78 is 11.2. The first-order valence-electron chi connectivity index (χ1n) is 8.40. The molecule has 5 nitrogen and oxygen atoms in total. The van der Waals surface area contributed by atoms with Crippen molar-refractivity contribution >= 4 is 18.3 Å². The highest BCUT2D eigenvalue weighted by molar-refractivity contribution is 5.85. The maximum atomic E-state index is 13.0. The van der Waals surface area contributed by atoms with Gasteiger partial charge in [-0.2, -0.15) is 0 Å². The second-order valence-corrected chi connectivity index (χ2v) is 6.34. The van der Waals surface area contributed by atoms with E-state index in [0.717, 1.165) is 51.8 Å². The first-order valence-corrected chi connectivity index (χ1v) is 8.40. The maximum Gasteiger partial charge on any atom is 0.230 e. The van der Waals surface area contributed by atoms with E-state index in [0.29, 0.717) is 19.8 Å². The zero-order chi connectivity index (χ0) is 15.1. The average Bonchev–Trinajstić information content (AvgIpc) is 2.55. The number of carbonyl (C=O) groups excluding carboxylic acids is 1. The van der Waals surface area contributed by atoms with Crippen molar-refractivity contribution in [2.75, 3.05) is 39.5 Å². The van der Waals surface area contributed by atoms with Gasteiger partial charge < -0.3 is 20.1 Å². The molecule has 0 aromatic carbocycles. The van der Waals surface area contributed by atoms with Crippen LogP contribution in [-0.2, 0) is 14.3 Å². The van der Waals surface area contributed by atoms with Gasteiger partial charge in [0.2, 0.25) is 5.91 Å². The van der Waals surface area contributed by atoms with Gasteiger partial charge in [-0.1, -0.05) is 6.92 Å². The van der Waals surface area contributed by atoms with E-state index in [9.17, 15) is 4.79 Å². The number of nitrogens with two attached hydrogens (primary N) is 1. The van der Waals surface area contributed by atoms with Gasteiger partial charge in [0.05, 0.1) is 11.5 Å². The lowest BCUT2D eigenvalue weighted by Gasteiger charge is -2.40. The molecule has 130 valence electrons. The quantitative estimate of drug-likeness (QED) is 0.806. The highest BCUT2D eigenvalue weighted by Gasteiger charge is 2.41. The van der Waals surface area contributed by atoms with Crippen LogP contribution in [0.15, 0.2) is 0 Å². The second-order valence-electron chi connectivity index (χ2n) is 6.34. The van der Waals surface area contributed by atoms with Gasteiger partial charge >= 0.3 is 0 Å². The fourth-order valence-electron chi connectivity index (χ4n) is 3.35. The number of halogens is 1. The van der Waals surface area contributed by atoms with E-state index in [1.54, 1.807) is 0 Å². The molecule has 2 aliphatic heterocycles. The molecule has 0 radical (unpaired) electrons. The number of carbonyl (C=O) groups is 1. The Kier molecular flexibility index (Phi) is 8.69. The molecule has 6 heteroatoms. The van der Waals surface area contributed by atoms with E-state index in [-0.39, 0.29) is 24.4 Å². The molecule has 2 saturated heterocycles. The summed E-state index contributed by atoms with van der Waals surface area (Å²) in [5.74, 6) is 0.212. The molecule has 1 unspecified atom stereocenters. The number of hydrogen-bond donors (Lipinski definition) is 1. The van der Waals surface area contributed by atoms with Gasteiger partial charge in [0, 0.05) is 39.5 Å². The Balaban J connectivity index is 0.00000242. The van der Waals surface area contributed by atoms with Crippen LogP contribution in [0.3, 0.4) is 0 Å². The molecule has 1 atom stereocenters. The van der Waals surface area contributed by atoms with Gasteiger partial charge in [-0.05, 0) is 38.5 Å². The van der Waals surface area contributed by atoms with Crippen LogP contribution in [0.25, 0.3) is 0 Å². The van der Waals surface area contributed by atoms with Crippen molar-refractivity contribution in [2.24, 2.45) is 11.1 Å². The molecule has 2 fully saturated rings. The Morgan fingerprint density at radius 3 is 2.55 bits per heavy atom. The van der Waals surface area contributed by atoms with Crippen LogP contribution in [0.2, 0.25) is 0 Å². The summed E-state index contributed by atoms with van der Waals surface area (Å²) in [7, 11) is 0. The van der Waals surface area contributed by atoms with E-state index in [2.05, 4.69) is 6.92 Å². The zero-order valence-corrected chi connectivity index (χ0v) is 14.5. The molecule has 2 rings (SSSR count). The van der Waals surface area contributed by atoms with Gasteiger partial charge in [0.25, 0.3) is 0 Å². The number of hydrogen-bond acceptors (Lipinski definition) is 4. The first-order chi connectivity index (χ1) is 10.2. The lowest BCUT2D eigenvalue weighted by atomic mass is 9.78. The summed E-state index contributed by atoms with van der Waals surface area (Å²) >= 11 is 0. The van der Waals surface area contributed by atoms with Crippen molar-refractivity contribution in [3.63, 3.8) is 0 Å². The molecule has 22 heavy (non-hydrogen) atoms. The predicted octanol–water partition coefficient (Wildman–Crippen LogP) is 1.97. The lowest BCUT2D eigenvalue weighted by molar-refractivity contribution is -0.149. The molecule has 0 aromatic rings. The van der Waals surface area contributed by atoms with Crippen molar-refractivity contribution in [1.29, 1.82) is 0 Å². The van der Waals surface area contributed by atoms with Gasteiger partial charge in [0.15, 0.2) is 0 Å². The Hall–Kier alpha value is -0.360. The fourth-order valence-corrected chi connectivity index (χ4v) is 3.35. The molecule has 1 amide bonds. The number of ether oxygens (including phenoxy) is 2. The third-order valence-electron chi connectivity index (χ3n) is 4.77. The third-order valence-corrected chi connectivity index (χ3v) is 4.77. The predicted molar refractivity (Wildman–Crippen MR) is 89.3 cm³/mol. The van der Waals surface area contributed by atoms with Gasteiger partial charge in [-0.25, -0.2) is 0 Å². The van der Waals surface area contributed by atoms with Crippen LogP contribution < -0.4 is 5.73 Å². The highest BCUT2D eigenvalue weighted by Crippen LogP contribution is 2.32. The van der Waals surface area contributed by atoms with Gasteiger partial charge in [-0.3, -0.25) is 4.79 Å². The summed E-state index contributed by atoms with van der Waals surface area (Å²) in [6.07, 6.45) is 6.06. The van der Waals surface area contributed by atoms with Crippen molar-refractivity contribution < 1.29 is 14.3 Å². The minimum Gasteiger partial charge on any atom is -0.381 e. The highest BCUT2D eigenvalue weighted by atomic mass is 35.5. The Labute approximate surface area is 140 Å². The van der Waals surface area contributed by atoms with Crippen molar-refractivity contribution in [1.82, 2.24) is 4.90 Å². The SMILES string of the molecule is CCCN(CC1CCCCO1)C(=O)C1(CN)CCOCC1.Cl. The molecule has 0 aliphatic carbocycles. The summed E-state index contributed by atoms with van der Waals surface area (Å²) in [5, 5.41) is 0. The van der Waals surface area contributed by atoms with Gasteiger partial charge in [0.1, 0.15) is 0 Å². The standard InChI is InChI=1S/C16H30N2O3.ClH/c1-2-8-18(12-14-5-3-4-9-21-14)15(19)16(13-17)6-10-20-11-7-16;/h14H,2-13,17H2,1H3;1H. The van der Waals surface area contributed by atoms with Crippen LogP contribution in [0, 0.1) is 5.41 Å². The van der Waals surface area contributed by atoms with Crippen LogP contribution >= 0.6 is 12.4 Å². The van der Waals surface area contributed by atoms with Crippen molar-refractivity contribution in [3.05, 3.63) is 0 Å². The average molecular weight is 335 g/mol. The number of amides is 1. The van der Waals surface area contributed by atoms with Gasteiger partial charge in [-0.15, -0.1) is 12.4 Å². The lowest BCUT2D eigenvalue weighted by Crippen LogP contribution is -2.53. The van der Waals surface area contributed by atoms with E-state index >= 15 is 0 Å². The largest absolute Gasteiger partial charge is 0.381 e. The molecular formula is C16H31ClN2O3. The molecular weight excluding hydrogens is 304 g/mol. The maximum absolute atomic E-state index is 13.0. The minimum absolute atomic E-state index is 0. The van der Waals surface area contributed by atoms with E-state index in [1.165, 1.54) is 6.42 Å². The fraction of sp³-hybridized carbons (Fsp3) is 0.938. The topological polar surface area (TPSA) is 64.8 Å². The molecule has 0 spiro atoms. The van der Waals surface area contributed by atoms with Crippen LogP contribution in [0.4, 0.5) is 0 Å². The van der Waals surface area contributed by atoms with E-state index in [4.69, 9.17) is 15.2 Å². The molecule has 2 aliphatic rings. The smallest absolute Gasteiger partial charge is 0.230 e. The normalized spacial score (nSPS) is 24.4. The molecule has 0 saturated carbocycles. The summed E-state index contributed by atoms with van der Waals surface area (Å²) in [4.78, 5) is 15.0. The molecule has 0 bridgehead atoms. The summed E-state index contributed by atoms with van der Waals surface area (Å²) in [6, 6.07) is 0. The Bertz CT molecular complexity index is 329. The van der Waals surface area contributed by atoms with Crippen LogP contribution in [-0.4, -0.2) is 56.4 Å². The number of rotatable bonds is 6. The minimum atomic E-state index is -0.415. The van der Waals surface area contributed by atoms with Crippen molar-refractivity contribution in [2.45, 2.75) is 51.6 Å². The summed E-state index contributed by atoms with van der Waals surface area (Å²) in [5.41, 5.74) is 5.56. The van der Waals surface area contributed by atoms with Crippen LogP contribution in [0.5, 0.6) is 0 Å². The van der Waals surface area contributed by atoms with Crippen LogP contribution in [0.1, 0.15) is 45.4 Å². The molecule has 2 N–H and O–H groups in total. The van der Waals surface area contributed by atoms with Crippen molar-refractivity contribution in [3.8, 4) is 0 Å². The zero-order valence-electron chi connectivity index (χ0n) is 13.7. The third kappa shape index (κ3) is 4.82. The first kappa shape index (κ1) is 19.7. The Morgan fingerprint density at radius 2 is 2.00 bits per heavy atom. The van der Waals surface area contributed by atoms with E-state index in [1.807, 2.05) is 4.90 Å². The van der Waals surface area contributed by atoms with E-state index < -0.39 is 5.41 Å². The molecule has 2 heterocycles. The Morgan fingerprint density at radius 1 is 1.27 bits per heavy atom. The monoisotopic (exact) mass is 334 g/mol. The second kappa shape index (κ2) is 9.71. The number of nitrogens with zero attached hydrogens (tertiary/aromatic N) is 1. The summed E-state index contributed by atoms with van der Waals surface area (Å²) in [6.45, 7) is 6.15. The molecule has 0 aromatic heterocycles.